The molecule has 0 spiro atoms. The van der Waals surface area contributed by atoms with Crippen molar-refractivity contribution in [1.29, 1.82) is 0 Å². The highest BCUT2D eigenvalue weighted by Crippen LogP contribution is 2.25. The zero-order valence-corrected chi connectivity index (χ0v) is 17.2. The van der Waals surface area contributed by atoms with Gasteiger partial charge in [0.25, 0.3) is 0 Å². The average molecular weight is 405 g/mol. The van der Waals surface area contributed by atoms with Crippen molar-refractivity contribution in [2.75, 3.05) is 0 Å². The first-order valence-corrected chi connectivity index (χ1v) is 10.3. The van der Waals surface area contributed by atoms with E-state index in [0.29, 0.717) is 27.3 Å². The number of aromatic nitrogens is 1. The van der Waals surface area contributed by atoms with Crippen molar-refractivity contribution in [3.05, 3.63) is 69.6 Å². The minimum absolute atomic E-state index is 0.0466. The summed E-state index contributed by atoms with van der Waals surface area (Å²) >= 11 is 6.01. The predicted molar refractivity (Wildman–Crippen MR) is 106 cm³/mol. The topological polar surface area (TPSA) is 72.2 Å². The summed E-state index contributed by atoms with van der Waals surface area (Å²) in [5, 5.41) is 0.580. The fourth-order valence-electron chi connectivity index (χ4n) is 3.16. The Hall–Kier alpha value is -2.15. The molecule has 0 aliphatic rings. The Morgan fingerprint density at radius 1 is 1.07 bits per heavy atom. The van der Waals surface area contributed by atoms with E-state index in [9.17, 15) is 8.42 Å². The van der Waals surface area contributed by atoms with Crippen LogP contribution in [0.1, 0.15) is 28.1 Å². The molecule has 3 rings (SSSR count). The van der Waals surface area contributed by atoms with Crippen LogP contribution in [0.15, 0.2) is 45.7 Å². The molecule has 27 heavy (non-hydrogen) atoms. The lowest BCUT2D eigenvalue weighted by Crippen LogP contribution is -2.25. The van der Waals surface area contributed by atoms with E-state index in [4.69, 9.17) is 16.0 Å². The van der Waals surface area contributed by atoms with Crippen LogP contribution in [0.5, 0.6) is 0 Å². The zero-order valence-electron chi connectivity index (χ0n) is 15.6. The molecule has 0 bridgehead atoms. The van der Waals surface area contributed by atoms with Crippen molar-refractivity contribution < 1.29 is 12.8 Å². The molecule has 5 nitrogen and oxygen atoms in total. The van der Waals surface area contributed by atoms with E-state index in [-0.39, 0.29) is 6.54 Å². The molecule has 3 aromatic rings. The first kappa shape index (κ1) is 19.6. The highest BCUT2D eigenvalue weighted by Gasteiger charge is 2.21. The second kappa shape index (κ2) is 7.46. The molecule has 0 saturated heterocycles. The predicted octanol–water partition coefficient (Wildman–Crippen LogP) is 4.71. The van der Waals surface area contributed by atoms with Gasteiger partial charge in [-0.2, -0.15) is 0 Å². The van der Waals surface area contributed by atoms with E-state index >= 15 is 0 Å². The monoisotopic (exact) mass is 404 g/mol. The van der Waals surface area contributed by atoms with Crippen molar-refractivity contribution >= 4 is 21.6 Å². The summed E-state index contributed by atoms with van der Waals surface area (Å²) in [4.78, 5) is 4.73. The fourth-order valence-corrected chi connectivity index (χ4v) is 4.79. The number of aryl methyl sites for hydroxylation is 4. The second-order valence-corrected chi connectivity index (χ2v) is 8.72. The van der Waals surface area contributed by atoms with Crippen molar-refractivity contribution in [3.63, 3.8) is 0 Å². The summed E-state index contributed by atoms with van der Waals surface area (Å²) in [7, 11) is -3.67. The maximum Gasteiger partial charge on any atom is 0.241 e. The lowest BCUT2D eigenvalue weighted by molar-refractivity contribution is 0.538. The van der Waals surface area contributed by atoms with Gasteiger partial charge in [-0.15, -0.1) is 0 Å². The van der Waals surface area contributed by atoms with E-state index in [0.717, 1.165) is 22.3 Å². The fraction of sp³-hybridized carbons (Fsp3) is 0.250. The second-order valence-electron chi connectivity index (χ2n) is 6.58. The molecule has 0 amide bonds. The number of sulfonamides is 1. The molecule has 142 valence electrons. The molecule has 0 unspecified atom stereocenters. The van der Waals surface area contributed by atoms with Crippen molar-refractivity contribution in [2.45, 2.75) is 39.1 Å². The molecule has 2 aromatic carbocycles. The van der Waals surface area contributed by atoms with Crippen LogP contribution < -0.4 is 4.72 Å². The zero-order chi connectivity index (χ0) is 19.8. The highest BCUT2D eigenvalue weighted by molar-refractivity contribution is 7.89. The molecular formula is C20H21ClN2O3S. The van der Waals surface area contributed by atoms with Gasteiger partial charge in [0.05, 0.1) is 17.1 Å². The van der Waals surface area contributed by atoms with E-state index in [1.54, 1.807) is 32.9 Å². The Morgan fingerprint density at radius 3 is 2.37 bits per heavy atom. The van der Waals surface area contributed by atoms with Gasteiger partial charge in [0.1, 0.15) is 5.76 Å². The van der Waals surface area contributed by atoms with Crippen LogP contribution in [0.2, 0.25) is 5.02 Å². The summed E-state index contributed by atoms with van der Waals surface area (Å²) in [5.74, 6) is 0.969. The third-order valence-corrected chi connectivity index (χ3v) is 6.21. The Labute approximate surface area is 164 Å². The van der Waals surface area contributed by atoms with Crippen molar-refractivity contribution in [2.24, 2.45) is 0 Å². The van der Waals surface area contributed by atoms with E-state index in [1.165, 1.54) is 0 Å². The van der Waals surface area contributed by atoms with Crippen LogP contribution in [0.3, 0.4) is 0 Å². The molecule has 0 atom stereocenters. The summed E-state index contributed by atoms with van der Waals surface area (Å²) in [6.07, 6.45) is 0. The van der Waals surface area contributed by atoms with Crippen LogP contribution in [-0.2, 0) is 16.6 Å². The number of oxazole rings is 1. The van der Waals surface area contributed by atoms with E-state index < -0.39 is 10.0 Å². The molecular weight excluding hydrogens is 384 g/mol. The molecule has 1 N–H and O–H groups in total. The minimum atomic E-state index is -3.67. The Bertz CT molecular complexity index is 1080. The highest BCUT2D eigenvalue weighted by atomic mass is 35.5. The number of benzene rings is 2. The number of rotatable bonds is 5. The van der Waals surface area contributed by atoms with Gasteiger partial charge < -0.3 is 4.42 Å². The van der Waals surface area contributed by atoms with Gasteiger partial charge in [-0.3, -0.25) is 0 Å². The van der Waals surface area contributed by atoms with Crippen LogP contribution >= 0.6 is 11.6 Å². The normalized spacial score (nSPS) is 11.7. The van der Waals surface area contributed by atoms with E-state index in [1.807, 2.05) is 31.2 Å². The number of hydrogen-bond acceptors (Lipinski definition) is 4. The summed E-state index contributed by atoms with van der Waals surface area (Å²) in [6, 6.07) is 10.9. The summed E-state index contributed by atoms with van der Waals surface area (Å²) in [5.41, 5.74) is 3.75. The molecule has 1 aromatic heterocycles. The van der Waals surface area contributed by atoms with Gasteiger partial charge in [-0.05, 0) is 57.0 Å². The Kier molecular flexibility index (Phi) is 5.42. The largest absolute Gasteiger partial charge is 0.441 e. The van der Waals surface area contributed by atoms with Crippen LogP contribution in [0.4, 0.5) is 0 Å². The summed E-state index contributed by atoms with van der Waals surface area (Å²) in [6.45, 7) is 7.35. The van der Waals surface area contributed by atoms with Gasteiger partial charge in [-0.1, -0.05) is 35.4 Å². The molecule has 1 heterocycles. The van der Waals surface area contributed by atoms with Gasteiger partial charge in [0.15, 0.2) is 0 Å². The smallest absolute Gasteiger partial charge is 0.241 e. The molecule has 0 saturated carbocycles. The van der Waals surface area contributed by atoms with Gasteiger partial charge >= 0.3 is 0 Å². The van der Waals surface area contributed by atoms with E-state index in [2.05, 4.69) is 9.71 Å². The Balaban J connectivity index is 1.85. The van der Waals surface area contributed by atoms with Crippen molar-refractivity contribution in [1.82, 2.24) is 9.71 Å². The third kappa shape index (κ3) is 4.24. The molecule has 0 aliphatic heterocycles. The Morgan fingerprint density at radius 2 is 1.74 bits per heavy atom. The SMILES string of the molecule is Cc1cc(C)c(S(=O)(=O)NCc2nc(-c3cccc(Cl)c3)oc2C)c(C)c1. The quantitative estimate of drug-likeness (QED) is 0.668. The van der Waals surface area contributed by atoms with Crippen molar-refractivity contribution in [3.8, 4) is 11.5 Å². The van der Waals surface area contributed by atoms with Gasteiger partial charge in [0.2, 0.25) is 15.9 Å². The average Bonchev–Trinajstić information content (AvgIpc) is 2.93. The lowest BCUT2D eigenvalue weighted by atomic mass is 10.1. The number of nitrogens with one attached hydrogen (secondary N) is 1. The third-order valence-electron chi connectivity index (χ3n) is 4.27. The van der Waals surface area contributed by atoms with Gasteiger partial charge in [-0.25, -0.2) is 18.1 Å². The lowest BCUT2D eigenvalue weighted by Gasteiger charge is -2.12. The molecule has 0 aliphatic carbocycles. The first-order chi connectivity index (χ1) is 12.7. The van der Waals surface area contributed by atoms with Gasteiger partial charge in [0, 0.05) is 10.6 Å². The summed E-state index contributed by atoms with van der Waals surface area (Å²) < 4.78 is 33.9. The van der Waals surface area contributed by atoms with Crippen LogP contribution in [-0.4, -0.2) is 13.4 Å². The maximum atomic E-state index is 12.8. The van der Waals surface area contributed by atoms with Crippen LogP contribution in [0, 0.1) is 27.7 Å². The molecule has 0 fully saturated rings. The maximum absolute atomic E-state index is 12.8. The standard InChI is InChI=1S/C20H21ClN2O3S/c1-12-8-13(2)19(14(3)9-12)27(24,25)22-11-18-15(4)26-20(23-18)16-6-5-7-17(21)10-16/h5-10,22H,11H2,1-4H3. The molecule has 0 radical (unpaired) electrons. The number of hydrogen-bond donors (Lipinski definition) is 1. The minimum Gasteiger partial charge on any atom is -0.441 e. The number of halogens is 1. The first-order valence-electron chi connectivity index (χ1n) is 8.47. The number of nitrogens with zero attached hydrogens (tertiary/aromatic N) is 1. The molecule has 7 heteroatoms. The van der Waals surface area contributed by atoms with Crippen LogP contribution in [0.25, 0.3) is 11.5 Å².